The first-order valence-electron chi connectivity index (χ1n) is 7.05. The summed E-state index contributed by atoms with van der Waals surface area (Å²) in [5.41, 5.74) is 1.84. The molecule has 3 unspecified atom stereocenters. The number of hydrogen-bond donors (Lipinski definition) is 1. The molecule has 1 N–H and O–H groups in total. The lowest BCUT2D eigenvalue weighted by Crippen LogP contribution is -2.43. The highest BCUT2D eigenvalue weighted by molar-refractivity contribution is 5.48. The van der Waals surface area contributed by atoms with Crippen molar-refractivity contribution in [2.45, 2.75) is 38.1 Å². The van der Waals surface area contributed by atoms with Crippen molar-refractivity contribution in [1.82, 2.24) is 0 Å². The van der Waals surface area contributed by atoms with Gasteiger partial charge in [0.25, 0.3) is 0 Å². The maximum atomic E-state index is 9.14. The van der Waals surface area contributed by atoms with Gasteiger partial charge in [-0.1, -0.05) is 24.3 Å². The highest BCUT2D eigenvalue weighted by Gasteiger charge is 2.40. The van der Waals surface area contributed by atoms with Crippen molar-refractivity contribution in [3.63, 3.8) is 0 Å². The van der Waals surface area contributed by atoms with Crippen molar-refractivity contribution in [3.05, 3.63) is 42.0 Å². The number of hydrogen-bond acceptors (Lipinski definition) is 2. The summed E-state index contributed by atoms with van der Waals surface area (Å²) >= 11 is 0. The molecule has 0 aliphatic heterocycles. The molecule has 3 atom stereocenters. The lowest BCUT2D eigenvalue weighted by Gasteiger charge is -2.41. The van der Waals surface area contributed by atoms with Gasteiger partial charge >= 0.3 is 0 Å². The van der Waals surface area contributed by atoms with E-state index in [0.29, 0.717) is 6.04 Å². The summed E-state index contributed by atoms with van der Waals surface area (Å²) in [6.45, 7) is 3.91. The number of allylic oxidation sites excluding steroid dienone is 1. The van der Waals surface area contributed by atoms with Crippen LogP contribution in [0.2, 0.25) is 0 Å². The Balaban J connectivity index is 1.67. The first-order valence-corrected chi connectivity index (χ1v) is 7.05. The molecule has 0 aromatic heterocycles. The Hall–Kier alpha value is -1.75. The summed E-state index contributed by atoms with van der Waals surface area (Å²) in [7, 11) is 0. The van der Waals surface area contributed by atoms with Crippen LogP contribution in [0.3, 0.4) is 0 Å². The average Bonchev–Trinajstić information content (AvgIpc) is 2.78. The van der Waals surface area contributed by atoms with Crippen molar-refractivity contribution >= 4 is 5.69 Å². The zero-order chi connectivity index (χ0) is 13.5. The van der Waals surface area contributed by atoms with Gasteiger partial charge in [0.2, 0.25) is 0 Å². The predicted molar refractivity (Wildman–Crippen MR) is 77.8 cm³/mol. The van der Waals surface area contributed by atoms with E-state index in [1.807, 2.05) is 13.8 Å². The normalized spacial score (nSPS) is 28.4. The van der Waals surface area contributed by atoms with Gasteiger partial charge in [0.15, 0.2) is 0 Å². The minimum Gasteiger partial charge on any atom is -0.382 e. The third-order valence-electron chi connectivity index (χ3n) is 4.60. The predicted octanol–water partition coefficient (Wildman–Crippen LogP) is 3.86. The van der Waals surface area contributed by atoms with Crippen LogP contribution in [0.5, 0.6) is 0 Å². The Labute approximate surface area is 115 Å². The van der Waals surface area contributed by atoms with Crippen LogP contribution in [0.1, 0.15) is 32.3 Å². The second-order valence-corrected chi connectivity index (χ2v) is 6.30. The van der Waals surface area contributed by atoms with Crippen LogP contribution < -0.4 is 5.32 Å². The maximum Gasteiger partial charge on any atom is 0.0766 e. The molecule has 2 aliphatic rings. The molecule has 98 valence electrons. The molecule has 0 heterocycles. The van der Waals surface area contributed by atoms with E-state index in [4.69, 9.17) is 5.26 Å². The summed E-state index contributed by atoms with van der Waals surface area (Å²) < 4.78 is 0. The first-order chi connectivity index (χ1) is 9.10. The molecular weight excluding hydrogens is 232 g/mol. The zero-order valence-corrected chi connectivity index (χ0v) is 11.6. The minimum absolute atomic E-state index is 0.408. The van der Waals surface area contributed by atoms with E-state index >= 15 is 0 Å². The summed E-state index contributed by atoms with van der Waals surface area (Å²) in [5, 5.41) is 12.8. The van der Waals surface area contributed by atoms with Crippen LogP contribution in [0.15, 0.2) is 36.4 Å². The molecule has 19 heavy (non-hydrogen) atoms. The summed E-state index contributed by atoms with van der Waals surface area (Å²) in [4.78, 5) is 0. The van der Waals surface area contributed by atoms with Crippen LogP contribution in [-0.4, -0.2) is 6.04 Å². The van der Waals surface area contributed by atoms with E-state index in [9.17, 15) is 0 Å². The van der Waals surface area contributed by atoms with Gasteiger partial charge in [0, 0.05) is 17.6 Å². The highest BCUT2D eigenvalue weighted by Crippen LogP contribution is 2.44. The second-order valence-electron chi connectivity index (χ2n) is 6.30. The molecule has 2 heteroatoms. The average molecular weight is 252 g/mol. The van der Waals surface area contributed by atoms with Crippen LogP contribution in [0, 0.1) is 23.2 Å². The molecule has 1 aromatic rings. The molecule has 3 rings (SSSR count). The summed E-state index contributed by atoms with van der Waals surface area (Å²) in [6, 6.07) is 11.3. The molecule has 1 aromatic carbocycles. The Bertz CT molecular complexity index is 533. The van der Waals surface area contributed by atoms with Crippen molar-refractivity contribution in [2.75, 3.05) is 5.32 Å². The van der Waals surface area contributed by atoms with Gasteiger partial charge in [-0.15, -0.1) is 0 Å². The van der Waals surface area contributed by atoms with E-state index in [0.717, 1.165) is 17.4 Å². The molecule has 1 saturated carbocycles. The third-order valence-corrected chi connectivity index (χ3v) is 4.60. The van der Waals surface area contributed by atoms with Gasteiger partial charge in [-0.2, -0.15) is 5.26 Å². The van der Waals surface area contributed by atoms with Crippen molar-refractivity contribution in [3.8, 4) is 6.07 Å². The Morgan fingerprint density at radius 2 is 2.00 bits per heavy atom. The molecule has 0 radical (unpaired) electrons. The lowest BCUT2D eigenvalue weighted by atomic mass is 9.71. The number of benzene rings is 1. The highest BCUT2D eigenvalue weighted by atomic mass is 14.9. The van der Waals surface area contributed by atoms with Crippen molar-refractivity contribution in [1.29, 1.82) is 5.26 Å². The number of nitriles is 1. The van der Waals surface area contributed by atoms with Gasteiger partial charge in [-0.25, -0.2) is 0 Å². The SMILES string of the molecule is CC(C)(C#N)c1ccc(NC2CC3CC=CC32)cc1. The summed E-state index contributed by atoms with van der Waals surface area (Å²) in [5.74, 6) is 1.62. The van der Waals surface area contributed by atoms with E-state index in [1.54, 1.807) is 0 Å². The second kappa shape index (κ2) is 4.42. The standard InChI is InChI=1S/C17H20N2/c1-17(2,11-18)13-6-8-14(9-7-13)19-16-10-12-4-3-5-15(12)16/h3,5-9,12,15-16,19H,4,10H2,1-2H3. The number of nitrogens with zero attached hydrogens (tertiary/aromatic N) is 1. The van der Waals surface area contributed by atoms with Crippen LogP contribution in [0.25, 0.3) is 0 Å². The molecule has 0 saturated heterocycles. The van der Waals surface area contributed by atoms with Crippen molar-refractivity contribution in [2.24, 2.45) is 11.8 Å². The van der Waals surface area contributed by atoms with Gasteiger partial charge in [0.1, 0.15) is 0 Å². The van der Waals surface area contributed by atoms with Gasteiger partial charge in [-0.05, 0) is 50.3 Å². The fraction of sp³-hybridized carbons (Fsp3) is 0.471. The topological polar surface area (TPSA) is 35.8 Å². The van der Waals surface area contributed by atoms with E-state index < -0.39 is 5.41 Å². The number of fused-ring (bicyclic) bond motifs is 1. The molecule has 1 fully saturated rings. The Morgan fingerprint density at radius 1 is 1.26 bits per heavy atom. The first kappa shape index (κ1) is 12.3. The largest absolute Gasteiger partial charge is 0.382 e. The van der Waals surface area contributed by atoms with E-state index in [1.165, 1.54) is 18.5 Å². The smallest absolute Gasteiger partial charge is 0.0766 e. The van der Waals surface area contributed by atoms with E-state index in [2.05, 4.69) is 47.8 Å². The quantitative estimate of drug-likeness (QED) is 0.829. The Morgan fingerprint density at radius 3 is 2.63 bits per heavy atom. The Kier molecular flexibility index (Phi) is 2.86. The van der Waals surface area contributed by atoms with Gasteiger partial charge in [-0.3, -0.25) is 0 Å². The number of anilines is 1. The number of rotatable bonds is 3. The number of nitrogens with one attached hydrogen (secondary N) is 1. The van der Waals surface area contributed by atoms with E-state index in [-0.39, 0.29) is 0 Å². The van der Waals surface area contributed by atoms with Crippen molar-refractivity contribution < 1.29 is 0 Å². The molecule has 0 bridgehead atoms. The van der Waals surface area contributed by atoms with Crippen LogP contribution >= 0.6 is 0 Å². The zero-order valence-electron chi connectivity index (χ0n) is 11.6. The minimum atomic E-state index is -0.408. The maximum absolute atomic E-state index is 9.14. The summed E-state index contributed by atoms with van der Waals surface area (Å²) in [6.07, 6.45) is 7.22. The molecule has 2 aliphatic carbocycles. The van der Waals surface area contributed by atoms with Gasteiger partial charge < -0.3 is 5.32 Å². The molecule has 0 spiro atoms. The molecule has 0 amide bonds. The van der Waals surface area contributed by atoms with Crippen LogP contribution in [-0.2, 0) is 5.41 Å². The molecular formula is C17H20N2. The van der Waals surface area contributed by atoms with Crippen LogP contribution in [0.4, 0.5) is 5.69 Å². The lowest BCUT2D eigenvalue weighted by molar-refractivity contribution is 0.218. The van der Waals surface area contributed by atoms with Gasteiger partial charge in [0.05, 0.1) is 11.5 Å². The third kappa shape index (κ3) is 2.14. The fourth-order valence-electron chi connectivity index (χ4n) is 3.15. The molecule has 2 nitrogen and oxygen atoms in total. The fourth-order valence-corrected chi connectivity index (χ4v) is 3.15. The monoisotopic (exact) mass is 252 g/mol.